The highest BCUT2D eigenvalue weighted by molar-refractivity contribution is 5.37. The molecule has 0 radical (unpaired) electrons. The van der Waals surface area contributed by atoms with Crippen LogP contribution in [0.15, 0.2) is 18.6 Å². The van der Waals surface area contributed by atoms with Gasteiger partial charge in [-0.05, 0) is 44.7 Å². The first kappa shape index (κ1) is 13.3. The first-order valence-corrected chi connectivity index (χ1v) is 7.05. The average molecular weight is 248 g/mol. The lowest BCUT2D eigenvalue weighted by Crippen LogP contribution is -2.45. The van der Waals surface area contributed by atoms with Gasteiger partial charge in [-0.25, -0.2) is 9.97 Å². The maximum absolute atomic E-state index is 4.35. The highest BCUT2D eigenvalue weighted by atomic mass is 15.2. The number of nitrogens with one attached hydrogen (secondary N) is 1. The topological polar surface area (TPSA) is 41.0 Å². The molecule has 1 aliphatic heterocycles. The van der Waals surface area contributed by atoms with Gasteiger partial charge in [0, 0.05) is 25.3 Å². The molecule has 1 aromatic rings. The summed E-state index contributed by atoms with van der Waals surface area (Å²) in [6.45, 7) is 7.87. The number of rotatable bonds is 5. The Hall–Kier alpha value is -1.16. The summed E-state index contributed by atoms with van der Waals surface area (Å²) in [5.41, 5.74) is 0. The Morgan fingerprint density at radius 1 is 1.56 bits per heavy atom. The molecule has 0 spiro atoms. The summed E-state index contributed by atoms with van der Waals surface area (Å²) in [7, 11) is 0. The van der Waals surface area contributed by atoms with Gasteiger partial charge in [0.1, 0.15) is 12.1 Å². The molecule has 2 rings (SSSR count). The van der Waals surface area contributed by atoms with Crippen LogP contribution in [0.4, 0.5) is 5.82 Å². The van der Waals surface area contributed by atoms with Gasteiger partial charge in [0.15, 0.2) is 0 Å². The van der Waals surface area contributed by atoms with Crippen molar-refractivity contribution in [1.29, 1.82) is 0 Å². The second-order valence-electron chi connectivity index (χ2n) is 5.16. The van der Waals surface area contributed by atoms with Crippen molar-refractivity contribution < 1.29 is 0 Å². The molecule has 1 fully saturated rings. The Balaban J connectivity index is 1.92. The molecule has 0 aromatic carbocycles. The monoisotopic (exact) mass is 248 g/mol. The molecule has 1 aromatic heterocycles. The van der Waals surface area contributed by atoms with Crippen molar-refractivity contribution in [2.45, 2.75) is 39.2 Å². The molecule has 0 saturated carbocycles. The molecule has 0 bridgehead atoms. The number of anilines is 1. The van der Waals surface area contributed by atoms with Crippen LogP contribution >= 0.6 is 0 Å². The summed E-state index contributed by atoms with van der Waals surface area (Å²) in [6, 6.07) is 2.60. The van der Waals surface area contributed by atoms with Crippen LogP contribution < -0.4 is 10.2 Å². The molecular weight excluding hydrogens is 224 g/mol. The van der Waals surface area contributed by atoms with Crippen LogP contribution in [-0.2, 0) is 0 Å². The van der Waals surface area contributed by atoms with E-state index in [2.05, 4.69) is 34.0 Å². The third kappa shape index (κ3) is 3.42. The van der Waals surface area contributed by atoms with Crippen LogP contribution in [0, 0.1) is 5.92 Å². The minimum absolute atomic E-state index is 0.592. The van der Waals surface area contributed by atoms with Crippen molar-refractivity contribution in [1.82, 2.24) is 15.3 Å². The number of aromatic nitrogens is 2. The van der Waals surface area contributed by atoms with Crippen LogP contribution in [0.1, 0.15) is 33.1 Å². The zero-order valence-electron chi connectivity index (χ0n) is 11.5. The first-order valence-electron chi connectivity index (χ1n) is 7.05. The van der Waals surface area contributed by atoms with Crippen molar-refractivity contribution in [3.05, 3.63) is 18.6 Å². The molecule has 18 heavy (non-hydrogen) atoms. The SMILES string of the molecule is CCCNC(C)C1CCCN(c2ccncn2)C1. The molecule has 2 heterocycles. The Bertz CT molecular complexity index is 341. The van der Waals surface area contributed by atoms with Gasteiger partial charge in [0.2, 0.25) is 0 Å². The lowest BCUT2D eigenvalue weighted by atomic mass is 9.91. The Morgan fingerprint density at radius 2 is 2.44 bits per heavy atom. The van der Waals surface area contributed by atoms with Crippen molar-refractivity contribution in [3.63, 3.8) is 0 Å². The van der Waals surface area contributed by atoms with Crippen molar-refractivity contribution in [2.75, 3.05) is 24.5 Å². The van der Waals surface area contributed by atoms with Gasteiger partial charge in [-0.3, -0.25) is 0 Å². The standard InChI is InChI=1S/C14H24N4/c1-3-7-16-12(2)13-5-4-9-18(10-13)14-6-8-15-11-17-14/h6,8,11-13,16H,3-5,7,9-10H2,1-2H3. The maximum Gasteiger partial charge on any atom is 0.131 e. The van der Waals surface area contributed by atoms with Gasteiger partial charge in [-0.2, -0.15) is 0 Å². The minimum Gasteiger partial charge on any atom is -0.356 e. The predicted molar refractivity (Wildman–Crippen MR) is 74.7 cm³/mol. The largest absolute Gasteiger partial charge is 0.356 e. The van der Waals surface area contributed by atoms with Crippen LogP contribution in [0.3, 0.4) is 0 Å². The Kier molecular flexibility index (Phi) is 4.93. The van der Waals surface area contributed by atoms with Crippen molar-refractivity contribution in [3.8, 4) is 0 Å². The van der Waals surface area contributed by atoms with Gasteiger partial charge in [-0.15, -0.1) is 0 Å². The summed E-state index contributed by atoms with van der Waals surface area (Å²) in [4.78, 5) is 10.7. The van der Waals surface area contributed by atoms with Crippen LogP contribution in [0.25, 0.3) is 0 Å². The van der Waals surface area contributed by atoms with Gasteiger partial charge in [0.05, 0.1) is 0 Å². The quantitative estimate of drug-likeness (QED) is 0.866. The van der Waals surface area contributed by atoms with Gasteiger partial charge in [-0.1, -0.05) is 6.92 Å². The highest BCUT2D eigenvalue weighted by Gasteiger charge is 2.24. The smallest absolute Gasteiger partial charge is 0.131 e. The molecular formula is C14H24N4. The fourth-order valence-electron chi connectivity index (χ4n) is 2.64. The minimum atomic E-state index is 0.592. The van der Waals surface area contributed by atoms with Crippen molar-refractivity contribution in [2.24, 2.45) is 5.92 Å². The average Bonchev–Trinajstić information content (AvgIpc) is 2.46. The Labute approximate surface area is 110 Å². The summed E-state index contributed by atoms with van der Waals surface area (Å²) in [5.74, 6) is 1.79. The lowest BCUT2D eigenvalue weighted by Gasteiger charge is -2.36. The first-order chi connectivity index (χ1) is 8.81. The van der Waals surface area contributed by atoms with Crippen LogP contribution in [0.2, 0.25) is 0 Å². The van der Waals surface area contributed by atoms with Gasteiger partial charge < -0.3 is 10.2 Å². The van der Waals surface area contributed by atoms with E-state index in [1.54, 1.807) is 6.33 Å². The van der Waals surface area contributed by atoms with Crippen LogP contribution in [-0.4, -0.2) is 35.6 Å². The maximum atomic E-state index is 4.35. The van der Waals surface area contributed by atoms with Gasteiger partial charge >= 0.3 is 0 Å². The second kappa shape index (κ2) is 6.69. The molecule has 4 heteroatoms. The second-order valence-corrected chi connectivity index (χ2v) is 5.16. The van der Waals surface area contributed by atoms with E-state index in [0.29, 0.717) is 6.04 Å². The number of hydrogen-bond acceptors (Lipinski definition) is 4. The molecule has 2 unspecified atom stereocenters. The van der Waals surface area contributed by atoms with E-state index in [0.717, 1.165) is 31.4 Å². The fourth-order valence-corrected chi connectivity index (χ4v) is 2.64. The van der Waals surface area contributed by atoms with Crippen molar-refractivity contribution >= 4 is 5.82 Å². The zero-order valence-corrected chi connectivity index (χ0v) is 11.5. The molecule has 0 aliphatic carbocycles. The zero-order chi connectivity index (χ0) is 12.8. The summed E-state index contributed by atoms with van der Waals surface area (Å²) in [6.07, 6.45) is 7.24. The normalized spacial score (nSPS) is 21.9. The van der Waals surface area contributed by atoms with E-state index in [1.807, 2.05) is 12.3 Å². The fraction of sp³-hybridized carbons (Fsp3) is 0.714. The van der Waals surface area contributed by atoms with E-state index in [4.69, 9.17) is 0 Å². The lowest BCUT2D eigenvalue weighted by molar-refractivity contribution is 0.320. The molecule has 1 aliphatic rings. The summed E-state index contributed by atoms with van der Waals surface area (Å²) < 4.78 is 0. The van der Waals surface area contributed by atoms with Crippen LogP contribution in [0.5, 0.6) is 0 Å². The Morgan fingerprint density at radius 3 is 3.17 bits per heavy atom. The van der Waals surface area contributed by atoms with E-state index < -0.39 is 0 Å². The number of nitrogens with zero attached hydrogens (tertiary/aromatic N) is 3. The summed E-state index contributed by atoms with van der Waals surface area (Å²) >= 11 is 0. The molecule has 100 valence electrons. The third-order valence-electron chi connectivity index (χ3n) is 3.77. The number of piperidine rings is 1. The summed E-state index contributed by atoms with van der Waals surface area (Å²) in [5, 5.41) is 3.61. The molecule has 2 atom stereocenters. The molecule has 0 amide bonds. The van der Waals surface area contributed by atoms with E-state index in [1.165, 1.54) is 19.3 Å². The molecule has 1 N–H and O–H groups in total. The van der Waals surface area contributed by atoms with Gasteiger partial charge in [0.25, 0.3) is 0 Å². The molecule has 4 nitrogen and oxygen atoms in total. The third-order valence-corrected chi connectivity index (χ3v) is 3.77. The van der Waals surface area contributed by atoms with E-state index >= 15 is 0 Å². The molecule has 1 saturated heterocycles. The van der Waals surface area contributed by atoms with E-state index in [-0.39, 0.29) is 0 Å². The number of hydrogen-bond donors (Lipinski definition) is 1. The van der Waals surface area contributed by atoms with E-state index in [9.17, 15) is 0 Å². The highest BCUT2D eigenvalue weighted by Crippen LogP contribution is 2.23. The predicted octanol–water partition coefficient (Wildman–Crippen LogP) is 2.08.